The molecule has 0 bridgehead atoms. The lowest BCUT2D eigenvalue weighted by Gasteiger charge is -2.07. The Bertz CT molecular complexity index is 162. The molecule has 0 saturated carbocycles. The molecule has 2 N–H and O–H groups in total. The van der Waals surface area contributed by atoms with Crippen molar-refractivity contribution in [1.29, 1.82) is 5.26 Å². The summed E-state index contributed by atoms with van der Waals surface area (Å²) < 4.78 is 0. The van der Waals surface area contributed by atoms with Gasteiger partial charge < -0.3 is 10.2 Å². The highest BCUT2D eigenvalue weighted by molar-refractivity contribution is 5.67. The van der Waals surface area contributed by atoms with Crippen molar-refractivity contribution in [2.45, 2.75) is 19.3 Å². The fraction of sp³-hybridized carbons (Fsp3) is 0.714. The predicted octanol–water partition coefficient (Wildman–Crippen LogP) is 0.373. The highest BCUT2D eigenvalue weighted by Crippen LogP contribution is 2.11. The number of nitriles is 1. The summed E-state index contributed by atoms with van der Waals surface area (Å²) in [7, 11) is 0. The SMILES string of the molecule is N#CC[C@H](CCO)CC(=O)O. The van der Waals surface area contributed by atoms with E-state index in [0.29, 0.717) is 6.42 Å². The first-order valence-electron chi connectivity index (χ1n) is 3.40. The molecule has 0 rings (SSSR count). The van der Waals surface area contributed by atoms with Crippen molar-refractivity contribution in [2.75, 3.05) is 6.61 Å². The summed E-state index contributed by atoms with van der Waals surface area (Å²) in [6.45, 7) is -0.0559. The highest BCUT2D eigenvalue weighted by Gasteiger charge is 2.11. The third kappa shape index (κ3) is 5.37. The molecule has 0 aromatic heterocycles. The molecule has 0 aliphatic rings. The van der Waals surface area contributed by atoms with Crippen LogP contribution in [0.1, 0.15) is 19.3 Å². The van der Waals surface area contributed by atoms with Crippen LogP contribution in [0.4, 0.5) is 0 Å². The molecule has 0 radical (unpaired) electrons. The molecule has 0 aliphatic carbocycles. The first-order valence-corrected chi connectivity index (χ1v) is 3.40. The summed E-state index contributed by atoms with van der Waals surface area (Å²) in [6.07, 6.45) is 0.556. The second-order valence-corrected chi connectivity index (χ2v) is 2.34. The van der Waals surface area contributed by atoms with Crippen LogP contribution in [0.2, 0.25) is 0 Å². The molecular formula is C7H11NO3. The summed E-state index contributed by atoms with van der Waals surface area (Å²) in [5.74, 6) is -1.12. The monoisotopic (exact) mass is 157 g/mol. The molecular weight excluding hydrogens is 146 g/mol. The van der Waals surface area contributed by atoms with Gasteiger partial charge in [-0.25, -0.2) is 0 Å². The van der Waals surface area contributed by atoms with Crippen LogP contribution in [0.5, 0.6) is 0 Å². The second kappa shape index (κ2) is 5.69. The minimum Gasteiger partial charge on any atom is -0.481 e. The maximum Gasteiger partial charge on any atom is 0.303 e. The number of aliphatic hydroxyl groups is 1. The van der Waals surface area contributed by atoms with Crippen molar-refractivity contribution >= 4 is 5.97 Å². The number of hydrogen-bond acceptors (Lipinski definition) is 3. The predicted molar refractivity (Wildman–Crippen MR) is 37.7 cm³/mol. The Morgan fingerprint density at radius 3 is 2.64 bits per heavy atom. The summed E-state index contributed by atoms with van der Waals surface area (Å²) in [6, 6.07) is 1.88. The molecule has 11 heavy (non-hydrogen) atoms. The van der Waals surface area contributed by atoms with E-state index >= 15 is 0 Å². The standard InChI is InChI=1S/C7H11NO3/c8-3-1-6(2-4-9)5-7(10)11/h6,9H,1-2,4-5H2,(H,10,11)/t6-/m1/s1. The fourth-order valence-electron chi connectivity index (χ4n) is 0.835. The van der Waals surface area contributed by atoms with Crippen LogP contribution in [0.25, 0.3) is 0 Å². The molecule has 4 nitrogen and oxygen atoms in total. The van der Waals surface area contributed by atoms with E-state index < -0.39 is 5.97 Å². The van der Waals surface area contributed by atoms with Crippen LogP contribution < -0.4 is 0 Å². The topological polar surface area (TPSA) is 81.3 Å². The molecule has 0 amide bonds. The van der Waals surface area contributed by atoms with E-state index in [1.54, 1.807) is 0 Å². The number of hydrogen-bond donors (Lipinski definition) is 2. The minimum atomic E-state index is -0.918. The van der Waals surface area contributed by atoms with Gasteiger partial charge in [-0.05, 0) is 12.3 Å². The van der Waals surface area contributed by atoms with E-state index in [9.17, 15) is 4.79 Å². The van der Waals surface area contributed by atoms with Crippen molar-refractivity contribution in [2.24, 2.45) is 5.92 Å². The zero-order chi connectivity index (χ0) is 8.69. The largest absolute Gasteiger partial charge is 0.481 e. The van der Waals surface area contributed by atoms with Gasteiger partial charge in [0.15, 0.2) is 0 Å². The van der Waals surface area contributed by atoms with Gasteiger partial charge in [0.1, 0.15) is 0 Å². The Morgan fingerprint density at radius 1 is 1.64 bits per heavy atom. The first-order chi connectivity index (χ1) is 5.20. The number of nitrogens with zero attached hydrogens (tertiary/aromatic N) is 1. The number of carboxylic acid groups (broad SMARTS) is 1. The third-order valence-corrected chi connectivity index (χ3v) is 1.38. The van der Waals surface area contributed by atoms with Crippen molar-refractivity contribution in [3.63, 3.8) is 0 Å². The molecule has 0 aromatic rings. The molecule has 0 heterocycles. The lowest BCUT2D eigenvalue weighted by atomic mass is 9.99. The summed E-state index contributed by atoms with van der Waals surface area (Å²) in [4.78, 5) is 10.2. The molecule has 0 aromatic carbocycles. The molecule has 62 valence electrons. The van der Waals surface area contributed by atoms with Crippen LogP contribution in [0.3, 0.4) is 0 Å². The van der Waals surface area contributed by atoms with E-state index in [2.05, 4.69) is 0 Å². The van der Waals surface area contributed by atoms with Crippen LogP contribution in [-0.4, -0.2) is 22.8 Å². The van der Waals surface area contributed by atoms with Crippen molar-refractivity contribution in [3.05, 3.63) is 0 Å². The number of aliphatic hydroxyl groups excluding tert-OH is 1. The molecule has 1 atom stereocenters. The Hall–Kier alpha value is -1.08. The van der Waals surface area contributed by atoms with E-state index in [-0.39, 0.29) is 25.4 Å². The second-order valence-electron chi connectivity index (χ2n) is 2.34. The maximum absolute atomic E-state index is 10.2. The lowest BCUT2D eigenvalue weighted by Crippen LogP contribution is -2.08. The van der Waals surface area contributed by atoms with E-state index in [0.717, 1.165) is 0 Å². The minimum absolute atomic E-state index is 0.0336. The van der Waals surface area contributed by atoms with Crippen molar-refractivity contribution in [3.8, 4) is 6.07 Å². The summed E-state index contributed by atoms with van der Waals surface area (Å²) in [5, 5.41) is 25.1. The Kier molecular flexibility index (Phi) is 5.13. The van der Waals surface area contributed by atoms with E-state index in [1.807, 2.05) is 6.07 Å². The molecule has 0 fully saturated rings. The van der Waals surface area contributed by atoms with Crippen LogP contribution in [0.15, 0.2) is 0 Å². The summed E-state index contributed by atoms with van der Waals surface area (Å²) >= 11 is 0. The van der Waals surface area contributed by atoms with E-state index in [1.165, 1.54) is 0 Å². The molecule has 4 heteroatoms. The smallest absolute Gasteiger partial charge is 0.303 e. The lowest BCUT2D eigenvalue weighted by molar-refractivity contribution is -0.138. The Morgan fingerprint density at radius 2 is 2.27 bits per heavy atom. The van der Waals surface area contributed by atoms with Gasteiger partial charge in [0.05, 0.1) is 6.07 Å². The number of carbonyl (C=O) groups is 1. The van der Waals surface area contributed by atoms with Crippen LogP contribution in [0, 0.1) is 17.2 Å². The van der Waals surface area contributed by atoms with Gasteiger partial charge in [0, 0.05) is 19.4 Å². The van der Waals surface area contributed by atoms with Gasteiger partial charge in [-0.1, -0.05) is 0 Å². The van der Waals surface area contributed by atoms with Crippen molar-refractivity contribution < 1.29 is 15.0 Å². The molecule has 0 spiro atoms. The number of carboxylic acids is 1. The molecule has 0 saturated heterocycles. The molecule has 0 unspecified atom stereocenters. The number of aliphatic carboxylic acids is 1. The first kappa shape index (κ1) is 9.92. The van der Waals surface area contributed by atoms with Crippen molar-refractivity contribution in [1.82, 2.24) is 0 Å². The van der Waals surface area contributed by atoms with Gasteiger partial charge in [0.2, 0.25) is 0 Å². The average molecular weight is 157 g/mol. The quantitative estimate of drug-likeness (QED) is 0.604. The average Bonchev–Trinajstić information content (AvgIpc) is 1.87. The third-order valence-electron chi connectivity index (χ3n) is 1.38. The zero-order valence-corrected chi connectivity index (χ0v) is 6.16. The van der Waals surface area contributed by atoms with Crippen LogP contribution >= 0.6 is 0 Å². The van der Waals surface area contributed by atoms with Gasteiger partial charge in [-0.3, -0.25) is 4.79 Å². The summed E-state index contributed by atoms with van der Waals surface area (Å²) in [5.41, 5.74) is 0. The van der Waals surface area contributed by atoms with Gasteiger partial charge in [-0.15, -0.1) is 0 Å². The number of rotatable bonds is 5. The van der Waals surface area contributed by atoms with Gasteiger partial charge in [0.25, 0.3) is 0 Å². The highest BCUT2D eigenvalue weighted by atomic mass is 16.4. The van der Waals surface area contributed by atoms with Crippen LogP contribution in [-0.2, 0) is 4.79 Å². The molecule has 0 aliphatic heterocycles. The Labute approximate surface area is 65.1 Å². The Balaban J connectivity index is 3.70. The van der Waals surface area contributed by atoms with Gasteiger partial charge >= 0.3 is 5.97 Å². The zero-order valence-electron chi connectivity index (χ0n) is 6.16. The normalized spacial score (nSPS) is 12.0. The maximum atomic E-state index is 10.2. The van der Waals surface area contributed by atoms with Gasteiger partial charge in [-0.2, -0.15) is 5.26 Å². The fourth-order valence-corrected chi connectivity index (χ4v) is 0.835. The van der Waals surface area contributed by atoms with E-state index in [4.69, 9.17) is 15.5 Å².